The van der Waals surface area contributed by atoms with Crippen LogP contribution in [0, 0.1) is 5.92 Å². The number of hydrogen-bond donors (Lipinski definition) is 3. The van der Waals surface area contributed by atoms with E-state index in [1.54, 1.807) is 12.1 Å². The minimum absolute atomic E-state index is 0.0792. The lowest BCUT2D eigenvalue weighted by atomic mass is 9.72. The molecule has 2 amide bonds. The van der Waals surface area contributed by atoms with Crippen molar-refractivity contribution in [3.05, 3.63) is 68.1 Å². The van der Waals surface area contributed by atoms with Crippen molar-refractivity contribution in [2.45, 2.75) is 70.9 Å². The van der Waals surface area contributed by atoms with Gasteiger partial charge < -0.3 is 25.3 Å². The van der Waals surface area contributed by atoms with Crippen LogP contribution in [0.5, 0.6) is 0 Å². The minimum atomic E-state index is -4.69. The van der Waals surface area contributed by atoms with Gasteiger partial charge in [0.05, 0.1) is 29.3 Å². The number of carbonyl (C=O) groups excluding carboxylic acids is 2. The molecule has 1 heterocycles. The fourth-order valence-corrected chi connectivity index (χ4v) is 5.64. The predicted molar refractivity (Wildman–Crippen MR) is 159 cm³/mol. The molecule has 0 bridgehead atoms. The highest BCUT2D eigenvalue weighted by Crippen LogP contribution is 2.38. The fraction of sp³-hybridized carbons (Fsp3) is 0.500. The molecule has 0 radical (unpaired) electrons. The highest BCUT2D eigenvalue weighted by atomic mass is 79.9. The van der Waals surface area contributed by atoms with E-state index in [0.29, 0.717) is 19.5 Å². The first-order valence-electron chi connectivity index (χ1n) is 13.5. The van der Waals surface area contributed by atoms with Crippen molar-refractivity contribution in [1.82, 2.24) is 16.0 Å². The summed E-state index contributed by atoms with van der Waals surface area (Å²) in [5.41, 5.74) is -0.489. The molecule has 224 valence electrons. The van der Waals surface area contributed by atoms with Crippen LogP contribution >= 0.6 is 31.9 Å². The van der Waals surface area contributed by atoms with Crippen LogP contribution in [0.25, 0.3) is 0 Å². The second kappa shape index (κ2) is 15.0. The molecule has 1 saturated heterocycles. The smallest absolute Gasteiger partial charge is 0.406 e. The van der Waals surface area contributed by atoms with E-state index in [4.69, 9.17) is 9.31 Å². The van der Waals surface area contributed by atoms with Crippen LogP contribution in [0.1, 0.15) is 55.6 Å². The molecule has 0 spiro atoms. The second-order valence-corrected chi connectivity index (χ2v) is 12.4. The van der Waals surface area contributed by atoms with Gasteiger partial charge in [-0.05, 0) is 59.8 Å². The quantitative estimate of drug-likeness (QED) is 0.299. The molecule has 3 N–H and O–H groups in total. The third-order valence-electron chi connectivity index (χ3n) is 6.47. The maximum Gasteiger partial charge on any atom is 0.481 e. The Morgan fingerprint density at radius 1 is 1.05 bits per heavy atom. The largest absolute Gasteiger partial charge is 0.481 e. The van der Waals surface area contributed by atoms with Crippen molar-refractivity contribution >= 4 is 50.8 Å². The average Bonchev–Trinajstić information content (AvgIpc) is 2.87. The van der Waals surface area contributed by atoms with Crippen LogP contribution in [0.15, 0.2) is 51.4 Å². The van der Waals surface area contributed by atoms with Gasteiger partial charge in [-0.2, -0.15) is 13.2 Å². The van der Waals surface area contributed by atoms with Gasteiger partial charge in [0, 0.05) is 28.5 Å². The van der Waals surface area contributed by atoms with Crippen molar-refractivity contribution < 1.29 is 32.1 Å². The molecular formula is C28H35BBr2F3N3O4. The van der Waals surface area contributed by atoms with Crippen LogP contribution in [-0.2, 0) is 26.7 Å². The van der Waals surface area contributed by atoms with E-state index in [0.717, 1.165) is 11.6 Å². The zero-order valence-corrected chi connectivity index (χ0v) is 26.5. The van der Waals surface area contributed by atoms with E-state index in [1.807, 2.05) is 45.9 Å². The average molecular weight is 705 g/mol. The maximum absolute atomic E-state index is 13.8. The summed E-state index contributed by atoms with van der Waals surface area (Å²) in [7, 11) is -0.727. The highest BCUT2D eigenvalue weighted by molar-refractivity contribution is 9.11. The van der Waals surface area contributed by atoms with Gasteiger partial charge in [0.2, 0.25) is 5.91 Å². The van der Waals surface area contributed by atoms with E-state index in [2.05, 4.69) is 47.8 Å². The normalized spacial score (nSPS) is 19.7. The maximum atomic E-state index is 13.8. The monoisotopic (exact) mass is 703 g/mol. The lowest BCUT2D eigenvalue weighted by Gasteiger charge is -2.33. The summed E-state index contributed by atoms with van der Waals surface area (Å²) in [5, 5.41) is 8.96. The van der Waals surface area contributed by atoms with Crippen LogP contribution in [0.4, 0.5) is 13.2 Å². The van der Waals surface area contributed by atoms with Gasteiger partial charge in [0.25, 0.3) is 5.91 Å². The highest BCUT2D eigenvalue weighted by Gasteiger charge is 2.39. The Balaban J connectivity index is 1.91. The topological polar surface area (TPSA) is 88.7 Å². The Bertz CT molecular complexity index is 1180. The van der Waals surface area contributed by atoms with Gasteiger partial charge in [-0.15, -0.1) is 0 Å². The van der Waals surface area contributed by atoms with Gasteiger partial charge in [0.15, 0.2) is 0 Å². The minimum Gasteiger partial charge on any atom is -0.406 e. The Morgan fingerprint density at radius 3 is 2.22 bits per heavy atom. The number of benzene rings is 2. The first-order valence-corrected chi connectivity index (χ1v) is 15.1. The molecule has 0 aliphatic carbocycles. The molecule has 1 fully saturated rings. The number of hydrogen-bond acceptors (Lipinski definition) is 5. The van der Waals surface area contributed by atoms with Gasteiger partial charge in [-0.1, -0.05) is 60.1 Å². The number of nitrogens with one attached hydrogen (secondary N) is 3. The zero-order valence-electron chi connectivity index (χ0n) is 23.4. The Labute approximate surface area is 256 Å². The van der Waals surface area contributed by atoms with Gasteiger partial charge in [-0.3, -0.25) is 9.59 Å². The summed E-state index contributed by atoms with van der Waals surface area (Å²) in [6.07, 6.45) is -4.37. The molecule has 0 saturated carbocycles. The molecule has 0 aromatic heterocycles. The van der Waals surface area contributed by atoms with Crippen LogP contribution in [-0.4, -0.2) is 56.2 Å². The molecular weight excluding hydrogens is 670 g/mol. The lowest BCUT2D eigenvalue weighted by molar-refractivity contribution is -0.138. The fourth-order valence-electron chi connectivity index (χ4n) is 4.55. The molecule has 2 aromatic carbocycles. The SMILES string of the molecule is CC(C)C[C@H](NC(=O)[C@H](Cc1ccccc1)NC(=O)c1cc(Br)cc(C(F)(F)F)c1Br)B1OC(C)CNCC(C)O1. The molecule has 4 atom stereocenters. The number of halogens is 5. The van der Waals surface area contributed by atoms with Crippen LogP contribution in [0.2, 0.25) is 0 Å². The molecule has 3 rings (SSSR count). The molecule has 1 aliphatic rings. The van der Waals surface area contributed by atoms with E-state index in [1.165, 1.54) is 6.07 Å². The van der Waals surface area contributed by atoms with Crippen molar-refractivity contribution in [3.63, 3.8) is 0 Å². The standard InChI is InChI=1S/C28H35BBr2F3N3O4/c1-16(2)10-24(29-40-17(3)14-35-15-18(4)41-29)37-27(39)23(11-19-8-6-5-7-9-19)36-26(38)21-12-20(30)13-22(25(21)31)28(32,33)34/h5-9,12-13,16-18,23-24,35H,10-11,14-15H2,1-4H3,(H,36,38)(H,37,39)/t17?,18?,23-,24-/m0/s1. The number of alkyl halides is 3. The Hall–Kier alpha value is -1.93. The summed E-state index contributed by atoms with van der Waals surface area (Å²) >= 11 is 6.02. The van der Waals surface area contributed by atoms with Crippen molar-refractivity contribution in [2.75, 3.05) is 13.1 Å². The van der Waals surface area contributed by atoms with E-state index in [-0.39, 0.29) is 34.6 Å². The van der Waals surface area contributed by atoms with Gasteiger partial charge in [0.1, 0.15) is 6.04 Å². The second-order valence-electron chi connectivity index (χ2n) is 10.7. The first kappa shape index (κ1) is 33.6. The first-order chi connectivity index (χ1) is 19.2. The summed E-state index contributed by atoms with van der Waals surface area (Å²) in [4.78, 5) is 27.2. The molecule has 13 heteroatoms. The molecule has 2 aromatic rings. The number of rotatable bonds is 9. The van der Waals surface area contributed by atoms with Crippen LogP contribution < -0.4 is 16.0 Å². The van der Waals surface area contributed by atoms with Crippen molar-refractivity contribution in [2.24, 2.45) is 5.92 Å². The molecule has 2 unspecified atom stereocenters. The van der Waals surface area contributed by atoms with E-state index >= 15 is 0 Å². The van der Waals surface area contributed by atoms with E-state index < -0.39 is 47.1 Å². The van der Waals surface area contributed by atoms with Gasteiger partial charge >= 0.3 is 13.3 Å². The summed E-state index contributed by atoms with van der Waals surface area (Å²) < 4.78 is 52.8. The van der Waals surface area contributed by atoms with Crippen LogP contribution in [0.3, 0.4) is 0 Å². The van der Waals surface area contributed by atoms with Crippen molar-refractivity contribution in [1.29, 1.82) is 0 Å². The van der Waals surface area contributed by atoms with E-state index in [9.17, 15) is 22.8 Å². The third-order valence-corrected chi connectivity index (χ3v) is 7.78. The number of amides is 2. The Kier molecular flexibility index (Phi) is 12.3. The lowest BCUT2D eigenvalue weighted by Crippen LogP contribution is -2.58. The van der Waals surface area contributed by atoms with Gasteiger partial charge in [-0.25, -0.2) is 0 Å². The Morgan fingerprint density at radius 2 is 1.66 bits per heavy atom. The summed E-state index contributed by atoms with van der Waals surface area (Å²) in [6.45, 7) is 9.11. The zero-order chi connectivity index (χ0) is 30.3. The number of carbonyl (C=O) groups is 2. The molecule has 41 heavy (non-hydrogen) atoms. The molecule has 1 aliphatic heterocycles. The third kappa shape index (κ3) is 10.1. The molecule has 7 nitrogen and oxygen atoms in total. The summed E-state index contributed by atoms with van der Waals surface area (Å²) in [6, 6.07) is 10.1. The predicted octanol–water partition coefficient (Wildman–Crippen LogP) is 5.54. The van der Waals surface area contributed by atoms with Crippen molar-refractivity contribution in [3.8, 4) is 0 Å². The summed E-state index contributed by atoms with van der Waals surface area (Å²) in [5.74, 6) is -1.67.